The van der Waals surface area contributed by atoms with Crippen LogP contribution in [0.1, 0.15) is 37.4 Å². The summed E-state index contributed by atoms with van der Waals surface area (Å²) in [5, 5.41) is 0.744. The SMILES string of the molecule is CCCc1cccc(-c2ccc(C(C)N)c(Cl)c2)c1. The fraction of sp³-hybridized carbons (Fsp3) is 0.294. The predicted molar refractivity (Wildman–Crippen MR) is 83.5 cm³/mol. The molecule has 0 aromatic heterocycles. The molecule has 0 saturated carbocycles. The molecule has 2 rings (SSSR count). The Bertz CT molecular complexity index is 561. The zero-order chi connectivity index (χ0) is 13.8. The van der Waals surface area contributed by atoms with Gasteiger partial charge in [-0.25, -0.2) is 0 Å². The van der Waals surface area contributed by atoms with Crippen molar-refractivity contribution in [1.82, 2.24) is 0 Å². The summed E-state index contributed by atoms with van der Waals surface area (Å²) in [6.07, 6.45) is 2.27. The minimum absolute atomic E-state index is 0.0343. The Balaban J connectivity index is 2.36. The topological polar surface area (TPSA) is 26.0 Å². The standard InChI is InChI=1S/C17H20ClN/c1-3-5-13-6-4-7-14(10-13)15-8-9-16(12(2)19)17(18)11-15/h4,6-12H,3,5,19H2,1-2H3. The Hall–Kier alpha value is -1.31. The highest BCUT2D eigenvalue weighted by Gasteiger charge is 2.07. The predicted octanol–water partition coefficient (Wildman–Crippen LogP) is 4.98. The third-order valence-electron chi connectivity index (χ3n) is 3.29. The van der Waals surface area contributed by atoms with Crippen LogP contribution in [0.4, 0.5) is 0 Å². The van der Waals surface area contributed by atoms with Crippen LogP contribution in [-0.2, 0) is 6.42 Å². The van der Waals surface area contributed by atoms with Crippen molar-refractivity contribution in [2.45, 2.75) is 32.7 Å². The molecular weight excluding hydrogens is 254 g/mol. The highest BCUT2D eigenvalue weighted by molar-refractivity contribution is 6.31. The number of hydrogen-bond donors (Lipinski definition) is 1. The van der Waals surface area contributed by atoms with E-state index in [1.165, 1.54) is 11.1 Å². The quantitative estimate of drug-likeness (QED) is 0.835. The molecule has 0 heterocycles. The number of benzene rings is 2. The molecule has 1 nitrogen and oxygen atoms in total. The highest BCUT2D eigenvalue weighted by atomic mass is 35.5. The minimum atomic E-state index is -0.0343. The maximum absolute atomic E-state index is 6.30. The summed E-state index contributed by atoms with van der Waals surface area (Å²) in [7, 11) is 0. The van der Waals surface area contributed by atoms with Crippen LogP contribution in [0, 0.1) is 0 Å². The maximum Gasteiger partial charge on any atom is 0.0459 e. The molecule has 0 spiro atoms. The van der Waals surface area contributed by atoms with Gasteiger partial charge in [0, 0.05) is 11.1 Å². The monoisotopic (exact) mass is 273 g/mol. The normalized spacial score (nSPS) is 12.4. The third kappa shape index (κ3) is 3.37. The molecule has 0 aliphatic heterocycles. The molecular formula is C17H20ClN. The smallest absolute Gasteiger partial charge is 0.0459 e. The van der Waals surface area contributed by atoms with Crippen molar-refractivity contribution in [1.29, 1.82) is 0 Å². The Morgan fingerprint density at radius 3 is 2.47 bits per heavy atom. The summed E-state index contributed by atoms with van der Waals surface area (Å²) in [4.78, 5) is 0. The van der Waals surface area contributed by atoms with E-state index in [-0.39, 0.29) is 6.04 Å². The molecule has 100 valence electrons. The summed E-state index contributed by atoms with van der Waals surface area (Å²) in [5.74, 6) is 0. The van der Waals surface area contributed by atoms with Gasteiger partial charge in [0.15, 0.2) is 0 Å². The van der Waals surface area contributed by atoms with E-state index in [0.717, 1.165) is 29.0 Å². The van der Waals surface area contributed by atoms with Gasteiger partial charge in [-0.05, 0) is 41.7 Å². The van der Waals surface area contributed by atoms with Gasteiger partial charge in [0.05, 0.1) is 0 Å². The largest absolute Gasteiger partial charge is 0.324 e. The van der Waals surface area contributed by atoms with E-state index in [4.69, 9.17) is 17.3 Å². The van der Waals surface area contributed by atoms with Crippen molar-refractivity contribution in [2.24, 2.45) is 5.73 Å². The molecule has 2 heteroatoms. The first kappa shape index (κ1) is 14.1. The van der Waals surface area contributed by atoms with Crippen molar-refractivity contribution in [3.05, 3.63) is 58.6 Å². The number of aryl methyl sites for hydroxylation is 1. The van der Waals surface area contributed by atoms with E-state index >= 15 is 0 Å². The average molecular weight is 274 g/mol. The van der Waals surface area contributed by atoms with Crippen molar-refractivity contribution in [3.63, 3.8) is 0 Å². The lowest BCUT2D eigenvalue weighted by molar-refractivity contribution is 0.819. The zero-order valence-corrected chi connectivity index (χ0v) is 12.2. The van der Waals surface area contributed by atoms with E-state index in [0.29, 0.717) is 0 Å². The molecule has 0 fully saturated rings. The molecule has 0 saturated heterocycles. The van der Waals surface area contributed by atoms with Crippen LogP contribution in [0.25, 0.3) is 11.1 Å². The van der Waals surface area contributed by atoms with Gasteiger partial charge in [-0.1, -0.05) is 61.3 Å². The number of nitrogens with two attached hydrogens (primary N) is 1. The Labute approximate surface area is 120 Å². The van der Waals surface area contributed by atoms with E-state index in [9.17, 15) is 0 Å². The van der Waals surface area contributed by atoms with Gasteiger partial charge in [0.1, 0.15) is 0 Å². The van der Waals surface area contributed by atoms with Crippen LogP contribution in [0.15, 0.2) is 42.5 Å². The van der Waals surface area contributed by atoms with Crippen molar-refractivity contribution in [3.8, 4) is 11.1 Å². The Kier molecular flexibility index (Phi) is 4.62. The number of rotatable bonds is 4. The second-order valence-corrected chi connectivity index (χ2v) is 5.38. The first-order valence-electron chi connectivity index (χ1n) is 6.76. The van der Waals surface area contributed by atoms with Crippen LogP contribution >= 0.6 is 11.6 Å². The van der Waals surface area contributed by atoms with Gasteiger partial charge in [0.25, 0.3) is 0 Å². The molecule has 1 unspecified atom stereocenters. The van der Waals surface area contributed by atoms with Gasteiger partial charge in [-0.3, -0.25) is 0 Å². The van der Waals surface area contributed by atoms with Crippen LogP contribution in [0.5, 0.6) is 0 Å². The van der Waals surface area contributed by atoms with Crippen molar-refractivity contribution in [2.75, 3.05) is 0 Å². The molecule has 2 N–H and O–H groups in total. The average Bonchev–Trinajstić information content (AvgIpc) is 2.39. The van der Waals surface area contributed by atoms with Crippen molar-refractivity contribution < 1.29 is 0 Å². The van der Waals surface area contributed by atoms with E-state index in [1.54, 1.807) is 0 Å². The fourth-order valence-corrected chi connectivity index (χ4v) is 2.62. The number of hydrogen-bond acceptors (Lipinski definition) is 1. The van der Waals surface area contributed by atoms with E-state index < -0.39 is 0 Å². The van der Waals surface area contributed by atoms with Crippen LogP contribution < -0.4 is 5.73 Å². The van der Waals surface area contributed by atoms with E-state index in [1.807, 2.05) is 19.1 Å². The first-order valence-corrected chi connectivity index (χ1v) is 7.14. The van der Waals surface area contributed by atoms with Crippen molar-refractivity contribution >= 4 is 11.6 Å². The molecule has 2 aromatic carbocycles. The lowest BCUT2D eigenvalue weighted by atomic mass is 9.99. The molecule has 1 atom stereocenters. The minimum Gasteiger partial charge on any atom is -0.324 e. The summed E-state index contributed by atoms with van der Waals surface area (Å²) >= 11 is 6.30. The lowest BCUT2D eigenvalue weighted by Crippen LogP contribution is -2.05. The van der Waals surface area contributed by atoms with Gasteiger partial charge >= 0.3 is 0 Å². The molecule has 19 heavy (non-hydrogen) atoms. The summed E-state index contributed by atoms with van der Waals surface area (Å²) in [5.41, 5.74) is 10.6. The summed E-state index contributed by atoms with van der Waals surface area (Å²) in [6, 6.07) is 14.7. The highest BCUT2D eigenvalue weighted by Crippen LogP contribution is 2.28. The second-order valence-electron chi connectivity index (χ2n) is 4.98. The molecule has 0 aliphatic rings. The number of halogens is 1. The van der Waals surface area contributed by atoms with E-state index in [2.05, 4.69) is 37.3 Å². The first-order chi connectivity index (χ1) is 9.11. The summed E-state index contributed by atoms with van der Waals surface area (Å²) < 4.78 is 0. The second kappa shape index (κ2) is 6.23. The maximum atomic E-state index is 6.30. The molecule has 0 aliphatic carbocycles. The Morgan fingerprint density at radius 2 is 1.84 bits per heavy atom. The van der Waals surface area contributed by atoms with Crippen LogP contribution in [0.2, 0.25) is 5.02 Å². The fourth-order valence-electron chi connectivity index (χ4n) is 2.27. The van der Waals surface area contributed by atoms with Gasteiger partial charge < -0.3 is 5.73 Å². The van der Waals surface area contributed by atoms with Gasteiger partial charge in [-0.2, -0.15) is 0 Å². The molecule has 2 aromatic rings. The van der Waals surface area contributed by atoms with Crippen LogP contribution in [0.3, 0.4) is 0 Å². The Morgan fingerprint density at radius 1 is 1.11 bits per heavy atom. The molecule has 0 radical (unpaired) electrons. The zero-order valence-electron chi connectivity index (χ0n) is 11.5. The van der Waals surface area contributed by atoms with Gasteiger partial charge in [0.2, 0.25) is 0 Å². The molecule has 0 bridgehead atoms. The summed E-state index contributed by atoms with van der Waals surface area (Å²) in [6.45, 7) is 4.14. The van der Waals surface area contributed by atoms with Crippen LogP contribution in [-0.4, -0.2) is 0 Å². The third-order valence-corrected chi connectivity index (χ3v) is 3.62. The lowest BCUT2D eigenvalue weighted by Gasteiger charge is -2.11. The molecule has 0 amide bonds. The van der Waals surface area contributed by atoms with Gasteiger partial charge in [-0.15, -0.1) is 0 Å².